The Hall–Kier alpha value is -2.89. The molecule has 0 radical (unpaired) electrons. The fraction of sp³-hybridized carbons (Fsp3) is 0.350. The van der Waals surface area contributed by atoms with E-state index in [2.05, 4.69) is 10.6 Å². The second kappa shape index (κ2) is 9.56. The van der Waals surface area contributed by atoms with Gasteiger partial charge in [0.05, 0.1) is 6.54 Å². The van der Waals surface area contributed by atoms with E-state index >= 15 is 0 Å². The van der Waals surface area contributed by atoms with E-state index in [4.69, 9.17) is 0 Å². The summed E-state index contributed by atoms with van der Waals surface area (Å²) in [6.07, 6.45) is 2.69. The van der Waals surface area contributed by atoms with Crippen LogP contribution in [0.1, 0.15) is 42.6 Å². The molecule has 2 rings (SSSR count). The average molecular weight is 355 g/mol. The summed E-state index contributed by atoms with van der Waals surface area (Å²) in [6.45, 7) is 4.50. The normalized spacial score (nSPS) is 11.6. The van der Waals surface area contributed by atoms with Crippen LogP contribution < -0.4 is 16.2 Å². The zero-order valence-corrected chi connectivity index (χ0v) is 15.2. The number of benzene rings is 1. The monoisotopic (exact) mass is 355 g/mol. The second-order valence-corrected chi connectivity index (χ2v) is 6.22. The van der Waals surface area contributed by atoms with Gasteiger partial charge in [0.2, 0.25) is 5.91 Å². The van der Waals surface area contributed by atoms with Crippen molar-refractivity contribution < 1.29 is 9.59 Å². The topological polar surface area (TPSA) is 80.2 Å². The van der Waals surface area contributed by atoms with Crippen LogP contribution in [0.4, 0.5) is 0 Å². The number of rotatable bonds is 8. The second-order valence-electron chi connectivity index (χ2n) is 6.22. The molecule has 0 saturated heterocycles. The van der Waals surface area contributed by atoms with Crippen molar-refractivity contribution in [3.05, 3.63) is 70.1 Å². The van der Waals surface area contributed by atoms with Crippen LogP contribution in [-0.2, 0) is 11.3 Å². The van der Waals surface area contributed by atoms with E-state index in [1.165, 1.54) is 10.6 Å². The van der Waals surface area contributed by atoms with Crippen LogP contribution in [0.25, 0.3) is 0 Å². The number of nitrogens with zero attached hydrogens (tertiary/aromatic N) is 1. The first-order valence-corrected chi connectivity index (χ1v) is 8.82. The van der Waals surface area contributed by atoms with E-state index in [1.807, 2.05) is 44.2 Å². The van der Waals surface area contributed by atoms with Crippen molar-refractivity contribution in [2.24, 2.45) is 0 Å². The van der Waals surface area contributed by atoms with E-state index in [-0.39, 0.29) is 36.0 Å². The smallest absolute Gasteiger partial charge is 0.263 e. The molecule has 0 fully saturated rings. The summed E-state index contributed by atoms with van der Waals surface area (Å²) in [5.74, 6) is -0.581. The van der Waals surface area contributed by atoms with Crippen molar-refractivity contribution >= 4 is 11.8 Å². The summed E-state index contributed by atoms with van der Waals surface area (Å²) in [5, 5.41) is 5.47. The van der Waals surface area contributed by atoms with E-state index in [1.54, 1.807) is 12.3 Å². The molecule has 0 bridgehead atoms. The standard InChI is InChI=1S/C20H25N3O3/c1-3-15(2)22-18(24)11-12-21-19(25)17-10-7-13-23(20(17)26)14-16-8-5-4-6-9-16/h4-10,13,15H,3,11-12,14H2,1-2H3,(H,21,25)(H,22,24). The number of amides is 2. The van der Waals surface area contributed by atoms with Crippen LogP contribution in [0.5, 0.6) is 0 Å². The minimum Gasteiger partial charge on any atom is -0.354 e. The molecule has 138 valence electrons. The predicted octanol–water partition coefficient (Wildman–Crippen LogP) is 1.93. The maximum atomic E-state index is 12.5. The molecule has 0 aliphatic carbocycles. The molecule has 1 unspecified atom stereocenters. The van der Waals surface area contributed by atoms with E-state index < -0.39 is 5.91 Å². The summed E-state index contributed by atoms with van der Waals surface area (Å²) < 4.78 is 1.50. The van der Waals surface area contributed by atoms with Gasteiger partial charge in [-0.2, -0.15) is 0 Å². The Morgan fingerprint density at radius 1 is 1.12 bits per heavy atom. The highest BCUT2D eigenvalue weighted by atomic mass is 16.2. The molecular weight excluding hydrogens is 330 g/mol. The lowest BCUT2D eigenvalue weighted by Crippen LogP contribution is -2.37. The lowest BCUT2D eigenvalue weighted by Gasteiger charge is -2.12. The molecule has 1 aromatic carbocycles. The average Bonchev–Trinajstić information content (AvgIpc) is 2.64. The molecule has 2 N–H and O–H groups in total. The largest absolute Gasteiger partial charge is 0.354 e. The Bertz CT molecular complexity index is 799. The third kappa shape index (κ3) is 5.58. The molecule has 0 aliphatic rings. The van der Waals surface area contributed by atoms with Gasteiger partial charge in [-0.25, -0.2) is 0 Å². The van der Waals surface area contributed by atoms with Crippen LogP contribution in [0.15, 0.2) is 53.5 Å². The van der Waals surface area contributed by atoms with Gasteiger partial charge in [0.1, 0.15) is 5.56 Å². The molecule has 0 spiro atoms. The summed E-state index contributed by atoms with van der Waals surface area (Å²) in [4.78, 5) is 36.5. The summed E-state index contributed by atoms with van der Waals surface area (Å²) in [7, 11) is 0. The molecule has 1 aromatic heterocycles. The van der Waals surface area contributed by atoms with Crippen molar-refractivity contribution in [3.8, 4) is 0 Å². The van der Waals surface area contributed by atoms with Crippen LogP contribution in [0, 0.1) is 0 Å². The molecule has 6 heteroatoms. The summed E-state index contributed by atoms with van der Waals surface area (Å²) >= 11 is 0. The van der Waals surface area contributed by atoms with E-state index in [9.17, 15) is 14.4 Å². The van der Waals surface area contributed by atoms with Crippen LogP contribution in [0.2, 0.25) is 0 Å². The Kier molecular flexibility index (Phi) is 7.14. The minimum absolute atomic E-state index is 0.0748. The Morgan fingerprint density at radius 3 is 2.54 bits per heavy atom. The molecule has 0 saturated carbocycles. The Labute approximate surface area is 153 Å². The van der Waals surface area contributed by atoms with E-state index in [0.717, 1.165) is 12.0 Å². The van der Waals surface area contributed by atoms with Gasteiger partial charge < -0.3 is 15.2 Å². The number of pyridine rings is 1. The molecule has 26 heavy (non-hydrogen) atoms. The minimum atomic E-state index is -0.464. The van der Waals surface area contributed by atoms with Gasteiger partial charge in [0.25, 0.3) is 11.5 Å². The lowest BCUT2D eigenvalue weighted by molar-refractivity contribution is -0.121. The van der Waals surface area contributed by atoms with Gasteiger partial charge in [0.15, 0.2) is 0 Å². The van der Waals surface area contributed by atoms with Gasteiger partial charge in [-0.1, -0.05) is 37.3 Å². The van der Waals surface area contributed by atoms with Crippen molar-refractivity contribution in [3.63, 3.8) is 0 Å². The number of hydrogen-bond acceptors (Lipinski definition) is 3. The molecule has 0 aliphatic heterocycles. The quantitative estimate of drug-likeness (QED) is 0.759. The van der Waals surface area contributed by atoms with Crippen LogP contribution in [-0.4, -0.2) is 29.0 Å². The van der Waals surface area contributed by atoms with E-state index in [0.29, 0.717) is 6.54 Å². The fourth-order valence-corrected chi connectivity index (χ4v) is 2.45. The zero-order chi connectivity index (χ0) is 18.9. The number of aromatic nitrogens is 1. The highest BCUT2D eigenvalue weighted by molar-refractivity contribution is 5.94. The Balaban J connectivity index is 1.96. The van der Waals surface area contributed by atoms with Gasteiger partial charge in [0, 0.05) is 25.2 Å². The maximum absolute atomic E-state index is 12.5. The zero-order valence-electron chi connectivity index (χ0n) is 15.2. The van der Waals surface area contributed by atoms with Crippen LogP contribution in [0.3, 0.4) is 0 Å². The maximum Gasteiger partial charge on any atom is 0.263 e. The van der Waals surface area contributed by atoms with Crippen molar-refractivity contribution in [1.82, 2.24) is 15.2 Å². The third-order valence-corrected chi connectivity index (χ3v) is 4.12. The Morgan fingerprint density at radius 2 is 1.85 bits per heavy atom. The SMILES string of the molecule is CCC(C)NC(=O)CCNC(=O)c1cccn(Cc2ccccc2)c1=O. The highest BCUT2D eigenvalue weighted by Crippen LogP contribution is 2.01. The van der Waals surface area contributed by atoms with Crippen LogP contribution >= 0.6 is 0 Å². The molecule has 6 nitrogen and oxygen atoms in total. The number of hydrogen-bond donors (Lipinski definition) is 2. The molecule has 1 atom stereocenters. The molecular formula is C20H25N3O3. The van der Waals surface area contributed by atoms with Gasteiger partial charge in [-0.3, -0.25) is 14.4 Å². The first-order valence-electron chi connectivity index (χ1n) is 8.82. The van der Waals surface area contributed by atoms with Gasteiger partial charge in [-0.05, 0) is 31.0 Å². The summed E-state index contributed by atoms with van der Waals surface area (Å²) in [5.41, 5.74) is 0.706. The molecule has 2 amide bonds. The van der Waals surface area contributed by atoms with Crippen molar-refractivity contribution in [2.75, 3.05) is 6.54 Å². The fourth-order valence-electron chi connectivity index (χ4n) is 2.45. The molecule has 1 heterocycles. The van der Waals surface area contributed by atoms with Gasteiger partial charge >= 0.3 is 0 Å². The first kappa shape index (κ1) is 19.4. The highest BCUT2D eigenvalue weighted by Gasteiger charge is 2.13. The number of carbonyl (C=O) groups excluding carboxylic acids is 2. The molecule has 2 aromatic rings. The van der Waals surface area contributed by atoms with Gasteiger partial charge in [-0.15, -0.1) is 0 Å². The lowest BCUT2D eigenvalue weighted by atomic mass is 10.2. The predicted molar refractivity (Wildman–Crippen MR) is 101 cm³/mol. The number of nitrogens with one attached hydrogen (secondary N) is 2. The summed E-state index contributed by atoms with van der Waals surface area (Å²) in [6, 6.07) is 12.9. The van der Waals surface area contributed by atoms with Crippen molar-refractivity contribution in [2.45, 2.75) is 39.3 Å². The first-order chi connectivity index (χ1) is 12.5. The third-order valence-electron chi connectivity index (χ3n) is 4.12. The number of carbonyl (C=O) groups is 2. The van der Waals surface area contributed by atoms with Crippen molar-refractivity contribution in [1.29, 1.82) is 0 Å².